The Balaban J connectivity index is 2.47. The third-order valence-corrected chi connectivity index (χ3v) is 4.22. The molecule has 0 spiro atoms. The van der Waals surface area contributed by atoms with Gasteiger partial charge in [-0.3, -0.25) is 4.79 Å². The highest BCUT2D eigenvalue weighted by Gasteiger charge is 2.24. The van der Waals surface area contributed by atoms with Gasteiger partial charge in [0, 0.05) is 17.9 Å². The highest BCUT2D eigenvalue weighted by molar-refractivity contribution is 7.98. The summed E-state index contributed by atoms with van der Waals surface area (Å²) in [5, 5.41) is 6.81. The number of thioether (sulfide) groups is 1. The zero-order chi connectivity index (χ0) is 18.4. The van der Waals surface area contributed by atoms with E-state index in [0.717, 1.165) is 5.75 Å². The molecule has 8 heteroatoms. The predicted molar refractivity (Wildman–Crippen MR) is 97.0 cm³/mol. The normalized spacial score (nSPS) is 10.4. The van der Waals surface area contributed by atoms with Crippen LogP contribution in [0.25, 0.3) is 11.3 Å². The van der Waals surface area contributed by atoms with Crippen LogP contribution >= 0.6 is 11.8 Å². The number of aryl methyl sites for hydroxylation is 1. The Morgan fingerprint density at radius 1 is 1.20 bits per heavy atom. The molecule has 0 aliphatic rings. The van der Waals surface area contributed by atoms with Crippen LogP contribution in [0.3, 0.4) is 0 Å². The molecule has 0 aliphatic carbocycles. The van der Waals surface area contributed by atoms with Gasteiger partial charge in [0.1, 0.15) is 5.56 Å². The maximum absolute atomic E-state index is 12.5. The first-order chi connectivity index (χ1) is 12.1. The van der Waals surface area contributed by atoms with Gasteiger partial charge in [0.2, 0.25) is 5.75 Å². The highest BCUT2D eigenvalue weighted by Crippen LogP contribution is 2.42. The quantitative estimate of drug-likeness (QED) is 0.719. The fourth-order valence-electron chi connectivity index (χ4n) is 2.40. The second kappa shape index (κ2) is 8.66. The average molecular weight is 366 g/mol. The summed E-state index contributed by atoms with van der Waals surface area (Å²) in [5.74, 6) is 2.38. The van der Waals surface area contributed by atoms with Gasteiger partial charge in [-0.05, 0) is 25.3 Å². The van der Waals surface area contributed by atoms with Crippen molar-refractivity contribution in [1.82, 2.24) is 10.5 Å². The molecule has 0 fully saturated rings. The Kier molecular flexibility index (Phi) is 6.58. The van der Waals surface area contributed by atoms with Crippen molar-refractivity contribution in [3.63, 3.8) is 0 Å². The van der Waals surface area contributed by atoms with Crippen LogP contribution in [0.1, 0.15) is 16.1 Å². The molecule has 2 aromatic rings. The topological polar surface area (TPSA) is 82.8 Å². The Morgan fingerprint density at radius 3 is 2.36 bits per heavy atom. The molecule has 1 heterocycles. The van der Waals surface area contributed by atoms with E-state index < -0.39 is 0 Å². The van der Waals surface area contributed by atoms with Crippen molar-refractivity contribution in [3.8, 4) is 28.6 Å². The van der Waals surface area contributed by atoms with Gasteiger partial charge in [-0.25, -0.2) is 0 Å². The van der Waals surface area contributed by atoms with Crippen LogP contribution in [0, 0.1) is 6.92 Å². The van der Waals surface area contributed by atoms with Crippen molar-refractivity contribution in [2.75, 3.05) is 39.9 Å². The number of hydrogen-bond donors (Lipinski definition) is 1. The van der Waals surface area contributed by atoms with Crippen LogP contribution < -0.4 is 19.5 Å². The van der Waals surface area contributed by atoms with Gasteiger partial charge in [0.05, 0.1) is 27.0 Å². The Labute approximate surface area is 151 Å². The highest BCUT2D eigenvalue weighted by atomic mass is 32.2. The SMILES string of the molecule is COc1cc(-c2onc(C)c2C(=O)NCCSC)cc(OC)c1OC. The van der Waals surface area contributed by atoms with E-state index in [2.05, 4.69) is 10.5 Å². The lowest BCUT2D eigenvalue weighted by molar-refractivity contribution is 0.0956. The standard InChI is InChI=1S/C17H22N2O5S/c1-10-14(17(20)18-6-7-25-5)15(24-19-10)11-8-12(21-2)16(23-4)13(9-11)22-3/h8-9H,6-7H2,1-5H3,(H,18,20). The van der Waals surface area contributed by atoms with Crippen molar-refractivity contribution in [3.05, 3.63) is 23.4 Å². The number of carbonyl (C=O) groups is 1. The number of nitrogens with one attached hydrogen (secondary N) is 1. The van der Waals surface area contributed by atoms with Gasteiger partial charge in [-0.1, -0.05) is 5.16 Å². The van der Waals surface area contributed by atoms with Gasteiger partial charge in [-0.2, -0.15) is 11.8 Å². The summed E-state index contributed by atoms with van der Waals surface area (Å²) in [4.78, 5) is 12.5. The summed E-state index contributed by atoms with van der Waals surface area (Å²) in [6.07, 6.45) is 1.98. The molecule has 0 unspecified atom stereocenters. The summed E-state index contributed by atoms with van der Waals surface area (Å²) in [6, 6.07) is 3.44. The van der Waals surface area contributed by atoms with Gasteiger partial charge in [0.25, 0.3) is 5.91 Å². The second-order valence-electron chi connectivity index (χ2n) is 5.13. The maximum Gasteiger partial charge on any atom is 0.257 e. The lowest BCUT2D eigenvalue weighted by Crippen LogP contribution is -2.26. The minimum absolute atomic E-state index is 0.225. The number of nitrogens with zero attached hydrogens (tertiary/aromatic N) is 1. The molecule has 0 aliphatic heterocycles. The molecule has 0 radical (unpaired) electrons. The first-order valence-corrected chi connectivity index (χ1v) is 9.00. The minimum atomic E-state index is -0.225. The van der Waals surface area contributed by atoms with E-state index in [4.69, 9.17) is 18.7 Å². The number of amides is 1. The van der Waals surface area contributed by atoms with Crippen molar-refractivity contribution in [1.29, 1.82) is 0 Å². The maximum atomic E-state index is 12.5. The van der Waals surface area contributed by atoms with Crippen LogP contribution in [0.5, 0.6) is 17.2 Å². The van der Waals surface area contributed by atoms with E-state index in [-0.39, 0.29) is 5.91 Å². The fraction of sp³-hybridized carbons (Fsp3) is 0.412. The van der Waals surface area contributed by atoms with Gasteiger partial charge >= 0.3 is 0 Å². The van der Waals surface area contributed by atoms with E-state index in [1.165, 1.54) is 21.3 Å². The molecule has 1 amide bonds. The Morgan fingerprint density at radius 2 is 1.84 bits per heavy atom. The van der Waals surface area contributed by atoms with E-state index in [1.807, 2.05) is 6.26 Å². The first-order valence-electron chi connectivity index (χ1n) is 7.61. The minimum Gasteiger partial charge on any atom is -0.493 e. The summed E-state index contributed by atoms with van der Waals surface area (Å²) in [7, 11) is 4.59. The zero-order valence-corrected chi connectivity index (χ0v) is 15.8. The fourth-order valence-corrected chi connectivity index (χ4v) is 2.71. The van der Waals surface area contributed by atoms with E-state index >= 15 is 0 Å². The zero-order valence-electron chi connectivity index (χ0n) is 15.0. The van der Waals surface area contributed by atoms with E-state index in [0.29, 0.717) is 46.4 Å². The molecular formula is C17H22N2O5S. The molecule has 1 N–H and O–H groups in total. The van der Waals surface area contributed by atoms with Gasteiger partial charge in [-0.15, -0.1) is 0 Å². The Bertz CT molecular complexity index is 720. The molecule has 7 nitrogen and oxygen atoms in total. The number of methoxy groups -OCH3 is 3. The first kappa shape index (κ1) is 19.0. The van der Waals surface area contributed by atoms with Crippen LogP contribution in [-0.4, -0.2) is 50.9 Å². The molecule has 1 aromatic heterocycles. The monoisotopic (exact) mass is 366 g/mol. The molecule has 0 saturated heterocycles. The average Bonchev–Trinajstić information content (AvgIpc) is 3.02. The number of aromatic nitrogens is 1. The number of benzene rings is 1. The van der Waals surface area contributed by atoms with Crippen LogP contribution in [0.4, 0.5) is 0 Å². The third-order valence-electron chi connectivity index (χ3n) is 3.61. The van der Waals surface area contributed by atoms with E-state index in [1.54, 1.807) is 30.8 Å². The molecule has 2 rings (SSSR count). The van der Waals surface area contributed by atoms with E-state index in [9.17, 15) is 4.79 Å². The van der Waals surface area contributed by atoms with Crippen LogP contribution in [-0.2, 0) is 0 Å². The Hall–Kier alpha value is -2.35. The molecule has 0 bridgehead atoms. The largest absolute Gasteiger partial charge is 0.493 e. The van der Waals surface area contributed by atoms with Gasteiger partial charge in [0.15, 0.2) is 17.3 Å². The lowest BCUT2D eigenvalue weighted by Gasteiger charge is -2.13. The lowest BCUT2D eigenvalue weighted by atomic mass is 10.0. The van der Waals surface area contributed by atoms with Gasteiger partial charge < -0.3 is 24.1 Å². The summed E-state index contributed by atoms with van der Waals surface area (Å²) in [5.41, 5.74) is 1.53. The summed E-state index contributed by atoms with van der Waals surface area (Å²) in [6.45, 7) is 2.30. The third kappa shape index (κ3) is 4.01. The van der Waals surface area contributed by atoms with Crippen molar-refractivity contribution in [2.24, 2.45) is 0 Å². The van der Waals surface area contributed by atoms with Crippen molar-refractivity contribution >= 4 is 17.7 Å². The van der Waals surface area contributed by atoms with Crippen LogP contribution in [0.15, 0.2) is 16.7 Å². The number of rotatable bonds is 8. The predicted octanol–water partition coefficient (Wildman–Crippen LogP) is 2.77. The molecule has 1 aromatic carbocycles. The molecular weight excluding hydrogens is 344 g/mol. The second-order valence-corrected chi connectivity index (χ2v) is 6.12. The number of hydrogen-bond acceptors (Lipinski definition) is 7. The summed E-state index contributed by atoms with van der Waals surface area (Å²) < 4.78 is 21.4. The van der Waals surface area contributed by atoms with Crippen molar-refractivity contribution in [2.45, 2.75) is 6.92 Å². The number of carbonyl (C=O) groups excluding carboxylic acids is 1. The molecule has 136 valence electrons. The van der Waals surface area contributed by atoms with Crippen molar-refractivity contribution < 1.29 is 23.5 Å². The number of ether oxygens (including phenoxy) is 3. The molecule has 25 heavy (non-hydrogen) atoms. The summed E-state index contributed by atoms with van der Waals surface area (Å²) >= 11 is 1.66. The molecule has 0 saturated carbocycles. The van der Waals surface area contributed by atoms with Crippen LogP contribution in [0.2, 0.25) is 0 Å². The smallest absolute Gasteiger partial charge is 0.257 e. The molecule has 0 atom stereocenters.